The molecular weight excluding hydrogens is 180 g/mol. The second-order valence-corrected chi connectivity index (χ2v) is 5.01. The van der Waals surface area contributed by atoms with Crippen molar-refractivity contribution >= 4 is 17.1 Å². The Kier molecular flexibility index (Phi) is 2.24. The summed E-state index contributed by atoms with van der Waals surface area (Å²) in [5, 5.41) is 2.20. The number of ketones is 1. The van der Waals surface area contributed by atoms with Crippen LogP contribution in [0.15, 0.2) is 11.4 Å². The maximum absolute atomic E-state index is 11.4. The predicted octanol–water partition coefficient (Wildman–Crippen LogP) is 3.14. The highest BCUT2D eigenvalue weighted by Gasteiger charge is 2.32. The Balaban J connectivity index is 2.23. The highest BCUT2D eigenvalue weighted by molar-refractivity contribution is 7.10. The maximum atomic E-state index is 11.4. The third-order valence-electron chi connectivity index (χ3n) is 2.99. The maximum Gasteiger partial charge on any atom is 0.136 e. The molecule has 0 spiro atoms. The molecule has 2 unspecified atom stereocenters. The van der Waals surface area contributed by atoms with Crippen LogP contribution in [-0.4, -0.2) is 5.78 Å². The van der Waals surface area contributed by atoms with E-state index in [1.165, 1.54) is 10.4 Å². The van der Waals surface area contributed by atoms with Crippen molar-refractivity contribution in [3.8, 4) is 0 Å². The van der Waals surface area contributed by atoms with Crippen LogP contribution in [0.3, 0.4) is 0 Å². The van der Waals surface area contributed by atoms with E-state index in [1.54, 1.807) is 11.3 Å². The second-order valence-electron chi connectivity index (χ2n) is 3.89. The fourth-order valence-corrected chi connectivity index (χ4v) is 2.88. The Morgan fingerprint density at radius 1 is 1.54 bits per heavy atom. The molecule has 1 aliphatic carbocycles. The van der Waals surface area contributed by atoms with Crippen molar-refractivity contribution in [3.63, 3.8) is 0 Å². The number of thiophene rings is 1. The highest BCUT2D eigenvalue weighted by Crippen LogP contribution is 2.38. The fourth-order valence-electron chi connectivity index (χ4n) is 2.11. The fraction of sp³-hybridized carbons (Fsp3) is 0.545. The molecule has 1 fully saturated rings. The molecule has 0 aromatic carbocycles. The number of carbonyl (C=O) groups is 1. The van der Waals surface area contributed by atoms with Crippen molar-refractivity contribution in [1.82, 2.24) is 0 Å². The normalized spacial score (nSPS) is 28.3. The summed E-state index contributed by atoms with van der Waals surface area (Å²) >= 11 is 1.78. The predicted molar refractivity (Wildman–Crippen MR) is 55.2 cm³/mol. The van der Waals surface area contributed by atoms with Crippen LogP contribution in [0.25, 0.3) is 0 Å². The summed E-state index contributed by atoms with van der Waals surface area (Å²) in [6, 6.07) is 2.23. The van der Waals surface area contributed by atoms with Crippen molar-refractivity contribution < 1.29 is 4.79 Å². The number of hydrogen-bond acceptors (Lipinski definition) is 2. The molecule has 0 aliphatic heterocycles. The molecule has 0 amide bonds. The molecule has 1 aliphatic rings. The first-order chi connectivity index (χ1) is 6.18. The number of rotatable bonds is 1. The van der Waals surface area contributed by atoms with Gasteiger partial charge in [0.25, 0.3) is 0 Å². The Morgan fingerprint density at radius 3 is 2.77 bits per heavy atom. The standard InChI is InChI=1S/C11H14OS/c1-7-5-9(6-13-7)10-3-4-11(12)8(10)2/h5-6,8,10H,3-4H2,1-2H3. The van der Waals surface area contributed by atoms with Gasteiger partial charge in [-0.2, -0.15) is 0 Å². The lowest BCUT2D eigenvalue weighted by molar-refractivity contribution is -0.120. The Bertz CT molecular complexity index is 327. The van der Waals surface area contributed by atoms with Gasteiger partial charge in [-0.3, -0.25) is 4.79 Å². The molecule has 13 heavy (non-hydrogen) atoms. The SMILES string of the molecule is Cc1cc(C2CCC(=O)C2C)cs1. The van der Waals surface area contributed by atoms with Crippen molar-refractivity contribution in [2.45, 2.75) is 32.6 Å². The first kappa shape index (κ1) is 8.95. The van der Waals surface area contributed by atoms with Crippen molar-refractivity contribution in [1.29, 1.82) is 0 Å². The van der Waals surface area contributed by atoms with Gasteiger partial charge in [-0.05, 0) is 36.3 Å². The van der Waals surface area contributed by atoms with Crippen molar-refractivity contribution in [2.75, 3.05) is 0 Å². The first-order valence-electron chi connectivity index (χ1n) is 4.76. The molecule has 0 bridgehead atoms. The van der Waals surface area contributed by atoms with Gasteiger partial charge in [-0.25, -0.2) is 0 Å². The summed E-state index contributed by atoms with van der Waals surface area (Å²) in [5.41, 5.74) is 1.38. The van der Waals surface area contributed by atoms with Crippen LogP contribution in [0.4, 0.5) is 0 Å². The van der Waals surface area contributed by atoms with Crippen molar-refractivity contribution in [3.05, 3.63) is 21.9 Å². The lowest BCUT2D eigenvalue weighted by Crippen LogP contribution is -2.07. The molecule has 2 heteroatoms. The summed E-state index contributed by atoms with van der Waals surface area (Å²) in [4.78, 5) is 12.7. The zero-order valence-corrected chi connectivity index (χ0v) is 8.86. The molecular formula is C11H14OS. The zero-order chi connectivity index (χ0) is 9.42. The summed E-state index contributed by atoms with van der Waals surface area (Å²) in [6.45, 7) is 4.18. The first-order valence-corrected chi connectivity index (χ1v) is 5.64. The largest absolute Gasteiger partial charge is 0.299 e. The average molecular weight is 194 g/mol. The van der Waals surface area contributed by atoms with E-state index in [0.717, 1.165) is 12.8 Å². The lowest BCUT2D eigenvalue weighted by atomic mass is 9.92. The summed E-state index contributed by atoms with van der Waals surface area (Å²) < 4.78 is 0. The van der Waals surface area contributed by atoms with Gasteiger partial charge in [0.1, 0.15) is 5.78 Å². The number of hydrogen-bond donors (Lipinski definition) is 0. The topological polar surface area (TPSA) is 17.1 Å². The minimum atomic E-state index is 0.244. The number of carbonyl (C=O) groups excluding carboxylic acids is 1. The molecule has 1 aromatic heterocycles. The molecule has 0 saturated heterocycles. The lowest BCUT2D eigenvalue weighted by Gasteiger charge is -2.11. The van der Waals surface area contributed by atoms with E-state index < -0.39 is 0 Å². The molecule has 1 aromatic rings. The second kappa shape index (κ2) is 3.26. The van der Waals surface area contributed by atoms with Crippen LogP contribution < -0.4 is 0 Å². The van der Waals surface area contributed by atoms with Gasteiger partial charge in [0.15, 0.2) is 0 Å². The van der Waals surface area contributed by atoms with E-state index in [9.17, 15) is 4.79 Å². The zero-order valence-electron chi connectivity index (χ0n) is 8.04. The van der Waals surface area contributed by atoms with Crippen LogP contribution in [0.5, 0.6) is 0 Å². The minimum Gasteiger partial charge on any atom is -0.299 e. The van der Waals surface area contributed by atoms with Crippen LogP contribution in [-0.2, 0) is 4.79 Å². The Labute approximate surface area is 82.8 Å². The van der Waals surface area contributed by atoms with Gasteiger partial charge < -0.3 is 0 Å². The molecule has 2 rings (SSSR count). The van der Waals surface area contributed by atoms with Gasteiger partial charge in [-0.15, -0.1) is 11.3 Å². The van der Waals surface area contributed by atoms with Crippen LogP contribution in [0.2, 0.25) is 0 Å². The molecule has 1 nitrogen and oxygen atoms in total. The van der Waals surface area contributed by atoms with E-state index in [1.807, 2.05) is 0 Å². The highest BCUT2D eigenvalue weighted by atomic mass is 32.1. The molecule has 0 N–H and O–H groups in total. The molecule has 1 heterocycles. The van der Waals surface area contributed by atoms with Gasteiger partial charge in [-0.1, -0.05) is 6.92 Å². The van der Waals surface area contributed by atoms with Crippen LogP contribution in [0, 0.1) is 12.8 Å². The molecule has 70 valence electrons. The van der Waals surface area contributed by atoms with Crippen LogP contribution >= 0.6 is 11.3 Å². The quantitative estimate of drug-likeness (QED) is 0.671. The van der Waals surface area contributed by atoms with Crippen LogP contribution in [0.1, 0.15) is 36.1 Å². The van der Waals surface area contributed by atoms with E-state index >= 15 is 0 Å². The molecule has 2 atom stereocenters. The van der Waals surface area contributed by atoms with Gasteiger partial charge in [0.2, 0.25) is 0 Å². The van der Waals surface area contributed by atoms with E-state index in [4.69, 9.17) is 0 Å². The Hall–Kier alpha value is -0.630. The average Bonchev–Trinajstić information content (AvgIpc) is 2.62. The number of Topliss-reactive ketones (excluding diaryl/α,β-unsaturated/α-hetero) is 1. The van der Waals surface area contributed by atoms with E-state index in [0.29, 0.717) is 11.7 Å². The smallest absolute Gasteiger partial charge is 0.136 e. The van der Waals surface area contributed by atoms with Crippen molar-refractivity contribution in [2.24, 2.45) is 5.92 Å². The summed E-state index contributed by atoms with van der Waals surface area (Å²) in [7, 11) is 0. The number of aryl methyl sites for hydroxylation is 1. The Morgan fingerprint density at radius 2 is 2.31 bits per heavy atom. The van der Waals surface area contributed by atoms with E-state index in [-0.39, 0.29) is 5.92 Å². The minimum absolute atomic E-state index is 0.244. The van der Waals surface area contributed by atoms with Gasteiger partial charge in [0.05, 0.1) is 0 Å². The van der Waals surface area contributed by atoms with Gasteiger partial charge >= 0.3 is 0 Å². The molecule has 0 radical (unpaired) electrons. The summed E-state index contributed by atoms with van der Waals surface area (Å²) in [5.74, 6) is 1.18. The monoisotopic (exact) mass is 194 g/mol. The molecule has 1 saturated carbocycles. The van der Waals surface area contributed by atoms with Gasteiger partial charge in [0, 0.05) is 17.2 Å². The summed E-state index contributed by atoms with van der Waals surface area (Å²) in [6.07, 6.45) is 1.83. The van der Waals surface area contributed by atoms with E-state index in [2.05, 4.69) is 25.3 Å². The third kappa shape index (κ3) is 1.55. The third-order valence-corrected chi connectivity index (χ3v) is 3.87.